The topological polar surface area (TPSA) is 23.6 Å². The summed E-state index contributed by atoms with van der Waals surface area (Å²) in [5.74, 6) is 0.0999. The first kappa shape index (κ1) is 17.2. The van der Waals surface area contributed by atoms with E-state index in [9.17, 15) is 4.79 Å². The van der Waals surface area contributed by atoms with Crippen LogP contribution < -0.4 is 0 Å². The molecule has 0 aromatic carbocycles. The molecule has 2 aromatic rings. The molecule has 0 radical (unpaired) electrons. The molecule has 22 heavy (non-hydrogen) atoms. The summed E-state index contributed by atoms with van der Waals surface area (Å²) in [4.78, 5) is 18.6. The molecule has 2 rings (SSSR count). The zero-order chi connectivity index (χ0) is 15.9. The van der Waals surface area contributed by atoms with Crippen LogP contribution in [0.5, 0.6) is 0 Å². The van der Waals surface area contributed by atoms with Gasteiger partial charge in [-0.1, -0.05) is 23.7 Å². The van der Waals surface area contributed by atoms with Crippen LogP contribution in [-0.2, 0) is 17.9 Å². The predicted molar refractivity (Wildman–Crippen MR) is 95.6 cm³/mol. The Kier molecular flexibility index (Phi) is 6.64. The minimum Gasteiger partial charge on any atom is -0.340 e. The van der Waals surface area contributed by atoms with Crippen LogP contribution in [0.2, 0.25) is 4.34 Å². The van der Waals surface area contributed by atoms with E-state index in [1.807, 2.05) is 31.3 Å². The van der Waals surface area contributed by atoms with Gasteiger partial charge in [-0.2, -0.15) is 0 Å². The Balaban J connectivity index is 1.90. The number of rotatable bonds is 8. The summed E-state index contributed by atoms with van der Waals surface area (Å²) in [5, 5.41) is 2.05. The van der Waals surface area contributed by atoms with Gasteiger partial charge in [0.05, 0.1) is 17.4 Å². The maximum Gasteiger partial charge on any atom is 0.236 e. The van der Waals surface area contributed by atoms with E-state index in [-0.39, 0.29) is 5.91 Å². The van der Waals surface area contributed by atoms with Gasteiger partial charge < -0.3 is 4.90 Å². The van der Waals surface area contributed by atoms with Crippen molar-refractivity contribution in [1.29, 1.82) is 0 Å². The zero-order valence-electron chi connectivity index (χ0n) is 12.5. The van der Waals surface area contributed by atoms with E-state index in [2.05, 4.69) is 22.9 Å². The van der Waals surface area contributed by atoms with E-state index < -0.39 is 0 Å². The second-order valence-electron chi connectivity index (χ2n) is 4.99. The third kappa shape index (κ3) is 5.25. The molecule has 2 aromatic heterocycles. The Hall–Kier alpha value is -1.14. The summed E-state index contributed by atoms with van der Waals surface area (Å²) in [5.41, 5.74) is 0. The van der Waals surface area contributed by atoms with E-state index in [0.717, 1.165) is 15.8 Å². The molecule has 0 fully saturated rings. The molecule has 0 atom stereocenters. The predicted octanol–water partition coefficient (Wildman–Crippen LogP) is 4.11. The number of amides is 1. The van der Waals surface area contributed by atoms with Crippen molar-refractivity contribution in [2.75, 3.05) is 20.1 Å². The first-order chi connectivity index (χ1) is 10.6. The molecule has 0 aliphatic carbocycles. The lowest BCUT2D eigenvalue weighted by molar-refractivity contribution is -0.131. The van der Waals surface area contributed by atoms with E-state index in [1.165, 1.54) is 16.2 Å². The summed E-state index contributed by atoms with van der Waals surface area (Å²) in [6, 6.07) is 7.94. The van der Waals surface area contributed by atoms with E-state index >= 15 is 0 Å². The number of halogens is 1. The van der Waals surface area contributed by atoms with Gasteiger partial charge >= 0.3 is 0 Å². The Bertz CT molecular complexity index is 609. The van der Waals surface area contributed by atoms with Crippen molar-refractivity contribution in [2.45, 2.75) is 13.1 Å². The summed E-state index contributed by atoms with van der Waals surface area (Å²) >= 11 is 9.14. The highest BCUT2D eigenvalue weighted by atomic mass is 35.5. The number of nitrogens with zero attached hydrogens (tertiary/aromatic N) is 2. The van der Waals surface area contributed by atoms with Crippen molar-refractivity contribution in [1.82, 2.24) is 9.80 Å². The quantitative estimate of drug-likeness (QED) is 0.666. The number of likely N-dealkylation sites (N-methyl/N-ethyl adjacent to an activating group) is 1. The van der Waals surface area contributed by atoms with Gasteiger partial charge in [-0.3, -0.25) is 9.69 Å². The highest BCUT2D eigenvalue weighted by molar-refractivity contribution is 7.16. The smallest absolute Gasteiger partial charge is 0.236 e. The fourth-order valence-electron chi connectivity index (χ4n) is 2.06. The van der Waals surface area contributed by atoms with E-state index in [1.54, 1.807) is 16.2 Å². The fourth-order valence-corrected chi connectivity index (χ4v) is 3.95. The second-order valence-corrected chi connectivity index (χ2v) is 7.83. The summed E-state index contributed by atoms with van der Waals surface area (Å²) < 4.78 is 0.752. The lowest BCUT2D eigenvalue weighted by Crippen LogP contribution is -2.37. The molecule has 0 aliphatic heterocycles. The minimum absolute atomic E-state index is 0.0999. The molecule has 0 spiro atoms. The zero-order valence-corrected chi connectivity index (χ0v) is 14.9. The number of hydrogen-bond donors (Lipinski definition) is 0. The largest absolute Gasteiger partial charge is 0.340 e. The molecular formula is C16H19ClN2OS2. The monoisotopic (exact) mass is 354 g/mol. The van der Waals surface area contributed by atoms with Gasteiger partial charge in [0, 0.05) is 29.9 Å². The van der Waals surface area contributed by atoms with Crippen LogP contribution in [0.25, 0.3) is 0 Å². The van der Waals surface area contributed by atoms with Crippen molar-refractivity contribution >= 4 is 40.2 Å². The molecular weight excluding hydrogens is 336 g/mol. The van der Waals surface area contributed by atoms with Crippen LogP contribution in [0.3, 0.4) is 0 Å². The molecule has 0 saturated heterocycles. The minimum atomic E-state index is 0.0999. The maximum atomic E-state index is 12.4. The lowest BCUT2D eigenvalue weighted by atomic mass is 10.3. The average molecular weight is 355 g/mol. The second kappa shape index (κ2) is 8.48. The molecule has 118 valence electrons. The van der Waals surface area contributed by atoms with Crippen molar-refractivity contribution in [3.05, 3.63) is 56.4 Å². The van der Waals surface area contributed by atoms with Crippen LogP contribution >= 0.6 is 34.3 Å². The Labute approximate surface area is 144 Å². The van der Waals surface area contributed by atoms with Crippen LogP contribution in [0.15, 0.2) is 42.3 Å². The molecule has 6 heteroatoms. The standard InChI is InChI=1S/C16H19ClN2OS2/c1-3-8-19(11-13-5-4-9-21-13)12-16(20)18(2)10-14-6-7-15(17)22-14/h3-7,9H,1,8,10-12H2,2H3. The molecule has 0 N–H and O–H groups in total. The molecule has 0 saturated carbocycles. The highest BCUT2D eigenvalue weighted by Gasteiger charge is 2.15. The SMILES string of the molecule is C=CCN(CC(=O)N(C)Cc1ccc(Cl)s1)Cc1cccs1. The van der Waals surface area contributed by atoms with E-state index in [4.69, 9.17) is 11.6 Å². The third-order valence-electron chi connectivity index (χ3n) is 3.15. The molecule has 1 amide bonds. The first-order valence-corrected chi connectivity index (χ1v) is 8.99. The number of carbonyl (C=O) groups excluding carboxylic acids is 1. The van der Waals surface area contributed by atoms with Crippen molar-refractivity contribution in [2.24, 2.45) is 0 Å². The Morgan fingerprint density at radius 3 is 2.73 bits per heavy atom. The fraction of sp³-hybridized carbons (Fsp3) is 0.312. The van der Waals surface area contributed by atoms with Crippen molar-refractivity contribution in [3.63, 3.8) is 0 Å². The van der Waals surface area contributed by atoms with Crippen LogP contribution in [0.1, 0.15) is 9.75 Å². The molecule has 2 heterocycles. The van der Waals surface area contributed by atoms with Crippen LogP contribution in [0, 0.1) is 0 Å². The molecule has 0 aliphatic rings. The Morgan fingerprint density at radius 2 is 2.14 bits per heavy atom. The summed E-state index contributed by atoms with van der Waals surface area (Å²) in [6.07, 6.45) is 1.83. The first-order valence-electron chi connectivity index (χ1n) is 6.92. The summed E-state index contributed by atoms with van der Waals surface area (Å²) in [7, 11) is 1.83. The highest BCUT2D eigenvalue weighted by Crippen LogP contribution is 2.22. The summed E-state index contributed by atoms with van der Waals surface area (Å²) in [6.45, 7) is 6.23. The van der Waals surface area contributed by atoms with Gasteiger partial charge in [-0.05, 0) is 23.6 Å². The number of thiophene rings is 2. The number of hydrogen-bond acceptors (Lipinski definition) is 4. The molecule has 3 nitrogen and oxygen atoms in total. The third-order valence-corrected chi connectivity index (χ3v) is 5.23. The number of carbonyl (C=O) groups is 1. The van der Waals surface area contributed by atoms with Gasteiger partial charge in [0.25, 0.3) is 0 Å². The van der Waals surface area contributed by atoms with Gasteiger partial charge in [0.2, 0.25) is 5.91 Å². The van der Waals surface area contributed by atoms with Gasteiger partial charge in [0.1, 0.15) is 0 Å². The molecule has 0 unspecified atom stereocenters. The van der Waals surface area contributed by atoms with Gasteiger partial charge in [0.15, 0.2) is 0 Å². The van der Waals surface area contributed by atoms with Crippen molar-refractivity contribution < 1.29 is 4.79 Å². The van der Waals surface area contributed by atoms with Crippen LogP contribution in [0.4, 0.5) is 0 Å². The normalized spacial score (nSPS) is 10.9. The molecule has 0 bridgehead atoms. The lowest BCUT2D eigenvalue weighted by Gasteiger charge is -2.23. The Morgan fingerprint density at radius 1 is 1.32 bits per heavy atom. The van der Waals surface area contributed by atoms with Gasteiger partial charge in [-0.25, -0.2) is 0 Å². The average Bonchev–Trinajstić information content (AvgIpc) is 3.11. The maximum absolute atomic E-state index is 12.4. The van der Waals surface area contributed by atoms with Crippen molar-refractivity contribution in [3.8, 4) is 0 Å². The van der Waals surface area contributed by atoms with Gasteiger partial charge in [-0.15, -0.1) is 29.3 Å². The van der Waals surface area contributed by atoms with Crippen LogP contribution in [-0.4, -0.2) is 35.8 Å². The van der Waals surface area contributed by atoms with E-state index in [0.29, 0.717) is 19.6 Å².